The summed E-state index contributed by atoms with van der Waals surface area (Å²) in [5.41, 5.74) is 2.96. The molecule has 4 nitrogen and oxygen atoms in total. The number of aliphatic hydroxyl groups excluding tert-OH is 1. The van der Waals surface area contributed by atoms with Crippen molar-refractivity contribution in [3.05, 3.63) is 54.6 Å². The first-order valence-electron chi connectivity index (χ1n) is 7.06. The van der Waals surface area contributed by atoms with E-state index in [1.807, 2.05) is 47.4 Å². The normalized spacial score (nSPS) is 15.2. The highest BCUT2D eigenvalue weighted by Gasteiger charge is 2.27. The predicted octanol–water partition coefficient (Wildman–Crippen LogP) is 2.48. The van der Waals surface area contributed by atoms with Gasteiger partial charge < -0.3 is 10.0 Å². The summed E-state index contributed by atoms with van der Waals surface area (Å²) in [6.07, 6.45) is -0.264. The number of hydrogen-bond acceptors (Lipinski definition) is 4. The van der Waals surface area contributed by atoms with Crippen LogP contribution in [-0.4, -0.2) is 34.3 Å². The largest absolute Gasteiger partial charge is 0.389 e. The van der Waals surface area contributed by atoms with Crippen LogP contribution in [0, 0.1) is 0 Å². The number of β-amino-alcohol motifs (C(OH)–C–C–N with tert-alkyl or cyclic N) is 1. The van der Waals surface area contributed by atoms with Crippen molar-refractivity contribution in [1.82, 2.24) is 9.97 Å². The Kier molecular flexibility index (Phi) is 2.82. The Morgan fingerprint density at radius 3 is 2.38 bits per heavy atom. The molecule has 4 heteroatoms. The van der Waals surface area contributed by atoms with Gasteiger partial charge in [0, 0.05) is 24.0 Å². The fraction of sp³-hybridized carbons (Fsp3) is 0.176. The lowest BCUT2D eigenvalue weighted by Crippen LogP contribution is -2.51. The van der Waals surface area contributed by atoms with Crippen LogP contribution in [-0.2, 0) is 0 Å². The summed E-state index contributed by atoms with van der Waals surface area (Å²) in [4.78, 5) is 11.4. The monoisotopic (exact) mass is 277 g/mol. The molecule has 0 radical (unpaired) electrons. The van der Waals surface area contributed by atoms with E-state index < -0.39 is 0 Å². The molecule has 2 aromatic carbocycles. The lowest BCUT2D eigenvalue weighted by atomic mass is 10.1. The molecule has 1 saturated heterocycles. The predicted molar refractivity (Wildman–Crippen MR) is 83.2 cm³/mol. The van der Waals surface area contributed by atoms with Crippen LogP contribution in [0.25, 0.3) is 22.2 Å². The number of rotatable bonds is 2. The maximum absolute atomic E-state index is 9.48. The van der Waals surface area contributed by atoms with E-state index in [9.17, 15) is 5.11 Å². The van der Waals surface area contributed by atoms with E-state index in [0.717, 1.165) is 22.2 Å². The van der Waals surface area contributed by atoms with Crippen LogP contribution in [0.2, 0.25) is 0 Å². The highest BCUT2D eigenvalue weighted by molar-refractivity contribution is 5.93. The van der Waals surface area contributed by atoms with Crippen molar-refractivity contribution in [2.75, 3.05) is 18.0 Å². The van der Waals surface area contributed by atoms with Gasteiger partial charge in [0.05, 0.1) is 17.3 Å². The maximum atomic E-state index is 9.48. The smallest absolute Gasteiger partial charge is 0.226 e. The zero-order chi connectivity index (χ0) is 14.2. The van der Waals surface area contributed by atoms with Crippen LogP contribution in [0.3, 0.4) is 0 Å². The van der Waals surface area contributed by atoms with Crippen LogP contribution < -0.4 is 4.90 Å². The van der Waals surface area contributed by atoms with Crippen LogP contribution in [0.1, 0.15) is 0 Å². The van der Waals surface area contributed by atoms with Gasteiger partial charge in [-0.3, -0.25) is 0 Å². The van der Waals surface area contributed by atoms with Crippen molar-refractivity contribution in [1.29, 1.82) is 0 Å². The second kappa shape index (κ2) is 4.82. The van der Waals surface area contributed by atoms with Gasteiger partial charge in [-0.05, 0) is 6.07 Å². The highest BCUT2D eigenvalue weighted by Crippen LogP contribution is 2.29. The molecule has 1 N–H and O–H groups in total. The molecule has 4 rings (SSSR count). The Morgan fingerprint density at radius 1 is 0.905 bits per heavy atom. The summed E-state index contributed by atoms with van der Waals surface area (Å²) >= 11 is 0. The van der Waals surface area contributed by atoms with Gasteiger partial charge in [0.1, 0.15) is 0 Å². The van der Waals surface area contributed by atoms with Crippen molar-refractivity contribution in [3.63, 3.8) is 0 Å². The SMILES string of the molecule is OC1CN(c2nc(-c3ccccc3)c3ccccc3n2)C1. The number of benzene rings is 2. The molecule has 21 heavy (non-hydrogen) atoms. The minimum atomic E-state index is -0.264. The van der Waals surface area contributed by atoms with Crippen molar-refractivity contribution >= 4 is 16.9 Å². The number of aliphatic hydroxyl groups is 1. The molecule has 1 aliphatic heterocycles. The average Bonchev–Trinajstić information content (AvgIpc) is 2.51. The van der Waals surface area contributed by atoms with Crippen LogP contribution >= 0.6 is 0 Å². The summed E-state index contributed by atoms with van der Waals surface area (Å²) in [5, 5.41) is 10.5. The first-order valence-corrected chi connectivity index (χ1v) is 7.06. The molecule has 0 atom stereocenters. The van der Waals surface area contributed by atoms with Crippen molar-refractivity contribution < 1.29 is 5.11 Å². The third-order valence-corrected chi connectivity index (χ3v) is 3.78. The number of aromatic nitrogens is 2. The Morgan fingerprint density at radius 2 is 1.62 bits per heavy atom. The summed E-state index contributed by atoms with van der Waals surface area (Å²) < 4.78 is 0. The van der Waals surface area contributed by atoms with Gasteiger partial charge in [0.25, 0.3) is 0 Å². The summed E-state index contributed by atoms with van der Waals surface area (Å²) in [6.45, 7) is 1.21. The molecular weight excluding hydrogens is 262 g/mol. The van der Waals surface area contributed by atoms with Gasteiger partial charge in [-0.2, -0.15) is 0 Å². The lowest BCUT2D eigenvalue weighted by Gasteiger charge is -2.36. The van der Waals surface area contributed by atoms with E-state index in [2.05, 4.69) is 17.1 Å². The molecule has 0 unspecified atom stereocenters. The summed E-state index contributed by atoms with van der Waals surface area (Å²) in [7, 11) is 0. The van der Waals surface area contributed by atoms with E-state index >= 15 is 0 Å². The van der Waals surface area contributed by atoms with E-state index in [1.54, 1.807) is 0 Å². The van der Waals surface area contributed by atoms with Crippen molar-refractivity contribution in [2.45, 2.75) is 6.10 Å². The fourth-order valence-corrected chi connectivity index (χ4v) is 2.64. The molecule has 0 bridgehead atoms. The molecule has 0 amide bonds. The maximum Gasteiger partial charge on any atom is 0.226 e. The molecule has 3 aromatic rings. The number of anilines is 1. The molecular formula is C17H15N3O. The van der Waals surface area contributed by atoms with Crippen molar-refractivity contribution in [2.24, 2.45) is 0 Å². The molecule has 0 spiro atoms. The number of nitrogens with zero attached hydrogens (tertiary/aromatic N) is 3. The highest BCUT2D eigenvalue weighted by atomic mass is 16.3. The second-order valence-corrected chi connectivity index (χ2v) is 5.31. The first-order chi connectivity index (χ1) is 10.3. The van der Waals surface area contributed by atoms with Crippen LogP contribution in [0.4, 0.5) is 5.95 Å². The van der Waals surface area contributed by atoms with E-state index in [4.69, 9.17) is 4.98 Å². The third-order valence-electron chi connectivity index (χ3n) is 3.78. The Labute approximate surface area is 122 Å². The molecule has 1 aliphatic rings. The Hall–Kier alpha value is -2.46. The van der Waals surface area contributed by atoms with Crippen LogP contribution in [0.5, 0.6) is 0 Å². The second-order valence-electron chi connectivity index (χ2n) is 5.31. The standard InChI is InChI=1S/C17H15N3O/c21-13-10-20(11-13)17-18-15-9-5-4-8-14(15)16(19-17)12-6-2-1-3-7-12/h1-9,13,21H,10-11H2. The average molecular weight is 277 g/mol. The van der Waals surface area contributed by atoms with Gasteiger partial charge in [0.2, 0.25) is 5.95 Å². The van der Waals surface area contributed by atoms with Gasteiger partial charge in [0.15, 0.2) is 0 Å². The minimum absolute atomic E-state index is 0.264. The van der Waals surface area contributed by atoms with Gasteiger partial charge in [-0.1, -0.05) is 48.5 Å². The molecule has 0 saturated carbocycles. The fourth-order valence-electron chi connectivity index (χ4n) is 2.64. The van der Waals surface area contributed by atoms with E-state index in [1.165, 1.54) is 0 Å². The molecule has 0 aliphatic carbocycles. The van der Waals surface area contributed by atoms with Gasteiger partial charge in [-0.15, -0.1) is 0 Å². The molecule has 2 heterocycles. The molecule has 1 fully saturated rings. The number of hydrogen-bond donors (Lipinski definition) is 1. The Bertz CT molecular complexity index is 782. The lowest BCUT2D eigenvalue weighted by molar-refractivity contribution is 0.140. The zero-order valence-electron chi connectivity index (χ0n) is 11.5. The minimum Gasteiger partial charge on any atom is -0.389 e. The molecule has 1 aromatic heterocycles. The quantitative estimate of drug-likeness (QED) is 0.782. The Balaban J connectivity index is 1.91. The van der Waals surface area contributed by atoms with Gasteiger partial charge in [-0.25, -0.2) is 9.97 Å². The van der Waals surface area contributed by atoms with E-state index in [-0.39, 0.29) is 6.10 Å². The zero-order valence-corrected chi connectivity index (χ0v) is 11.5. The molecule has 104 valence electrons. The summed E-state index contributed by atoms with van der Waals surface area (Å²) in [5.74, 6) is 0.692. The first kappa shape index (κ1) is 12.3. The topological polar surface area (TPSA) is 49.2 Å². The van der Waals surface area contributed by atoms with Crippen molar-refractivity contribution in [3.8, 4) is 11.3 Å². The summed E-state index contributed by atoms with van der Waals surface area (Å²) in [6, 6.07) is 18.2. The van der Waals surface area contributed by atoms with E-state index in [0.29, 0.717) is 19.0 Å². The number of fused-ring (bicyclic) bond motifs is 1. The van der Waals surface area contributed by atoms with Gasteiger partial charge >= 0.3 is 0 Å². The van der Waals surface area contributed by atoms with Crippen LogP contribution in [0.15, 0.2) is 54.6 Å². The number of para-hydroxylation sites is 1. The third kappa shape index (κ3) is 2.14.